The predicted molar refractivity (Wildman–Crippen MR) is 440 cm³/mol. The van der Waals surface area contributed by atoms with Crippen LogP contribution < -0.4 is 0 Å². The van der Waals surface area contributed by atoms with Crippen LogP contribution in [0.5, 0.6) is 0 Å². The second kappa shape index (κ2) is 23.5. The summed E-state index contributed by atoms with van der Waals surface area (Å²) in [4.78, 5) is 32.0. The number of hydrogen-bond acceptors (Lipinski definition) is 10. The number of benzene rings is 15. The van der Waals surface area contributed by atoms with Crippen molar-refractivity contribution in [1.82, 2.24) is 39.0 Å². The molecule has 0 aliphatic rings. The molecule has 0 saturated heterocycles. The zero-order chi connectivity index (χ0) is 70.7. The fourth-order valence-electron chi connectivity index (χ4n) is 16.6. The van der Waals surface area contributed by atoms with Gasteiger partial charge in [-0.05, 0) is 144 Å². The van der Waals surface area contributed by atoms with E-state index in [4.69, 9.17) is 43.2 Å². The van der Waals surface area contributed by atoms with Crippen molar-refractivity contribution in [1.29, 1.82) is 0 Å². The number of nitrogens with zero attached hydrogens (tertiary/aromatic N) is 8. The van der Waals surface area contributed by atoms with Gasteiger partial charge in [0.25, 0.3) is 0 Å². The maximum Gasteiger partial charge on any atom is 0.165 e. The Balaban J connectivity index is 0.621. The highest BCUT2D eigenvalue weighted by Crippen LogP contribution is 2.47. The molecule has 0 saturated carbocycles. The van der Waals surface area contributed by atoms with Crippen LogP contribution in [0.25, 0.3) is 232 Å². The maximum absolute atomic E-state index is 6.86. The second-order valence-electron chi connectivity index (χ2n) is 27.6. The van der Waals surface area contributed by atoms with Crippen LogP contribution in [0.2, 0.25) is 0 Å². The van der Waals surface area contributed by atoms with Crippen LogP contribution in [0.15, 0.2) is 341 Å². The molecule has 0 fully saturated rings. The quantitative estimate of drug-likeness (QED) is 0.131. The molecule has 0 spiro atoms. The lowest BCUT2D eigenvalue weighted by molar-refractivity contribution is 0.668. The fourth-order valence-corrected chi connectivity index (χ4v) is 17.8. The molecule has 0 amide bonds. The maximum atomic E-state index is 6.86. The zero-order valence-electron chi connectivity index (χ0n) is 57.4. The molecule has 23 rings (SSSR count). The molecule has 0 aliphatic carbocycles. The zero-order valence-corrected chi connectivity index (χ0v) is 58.2. The van der Waals surface area contributed by atoms with Gasteiger partial charge in [-0.15, -0.1) is 11.3 Å². The Labute approximate surface area is 618 Å². The van der Waals surface area contributed by atoms with E-state index in [1.165, 1.54) is 21.5 Å². The van der Waals surface area contributed by atoms with Gasteiger partial charge in [0.05, 0.1) is 33.1 Å². The van der Waals surface area contributed by atoms with E-state index in [0.717, 1.165) is 175 Å². The van der Waals surface area contributed by atoms with E-state index in [-0.39, 0.29) is 0 Å². The van der Waals surface area contributed by atoms with Crippen LogP contribution in [0.1, 0.15) is 0 Å². The van der Waals surface area contributed by atoms with E-state index in [9.17, 15) is 0 Å². The van der Waals surface area contributed by atoms with Gasteiger partial charge in [0.1, 0.15) is 33.5 Å². The average Bonchev–Trinajstić information content (AvgIpc) is 1.58. The van der Waals surface area contributed by atoms with Gasteiger partial charge in [-0.3, -0.25) is 0 Å². The third-order valence-electron chi connectivity index (χ3n) is 21.4. The van der Waals surface area contributed by atoms with E-state index in [0.29, 0.717) is 34.9 Å². The number of para-hydroxylation sites is 5. The van der Waals surface area contributed by atoms with E-state index in [2.05, 4.69) is 276 Å². The molecule has 502 valence electrons. The van der Waals surface area contributed by atoms with Gasteiger partial charge >= 0.3 is 0 Å². The number of furan rings is 3. The molecule has 8 heterocycles. The third kappa shape index (κ3) is 9.33. The molecule has 0 N–H and O–H groups in total. The Morgan fingerprint density at radius 1 is 0.222 bits per heavy atom. The summed E-state index contributed by atoms with van der Waals surface area (Å²) in [5.74, 6) is 3.26. The topological polar surface area (TPSA) is 127 Å². The Kier molecular flexibility index (Phi) is 13.1. The van der Waals surface area contributed by atoms with Crippen LogP contribution >= 0.6 is 11.3 Å². The van der Waals surface area contributed by atoms with Crippen LogP contribution in [0.3, 0.4) is 0 Å². The molecule has 15 aromatic carbocycles. The molecule has 0 unspecified atom stereocenters. The fraction of sp³-hybridized carbons (Fsp3) is 0. The van der Waals surface area contributed by atoms with Crippen molar-refractivity contribution in [3.05, 3.63) is 328 Å². The SMILES string of the molecule is c1ccc(-c2nc(-c3ccc4c(c3)oc3cccc(-n5c6ccccc6c6ccccc65)c34)nc(-c3cccc4c3sc3ccc(-c5cccc(-c6nc(-c7ccc8c(c7)oc7cccc(-c9ccc%10c(c9)c9ccccc9n%10-c9ccccc9)c78)nc(-c7cccc8oc9ccccc9c78)n6)c5)cc34)n2)cc1. The molecule has 108 heavy (non-hydrogen) atoms. The number of rotatable bonds is 10. The summed E-state index contributed by atoms with van der Waals surface area (Å²) in [6, 6.07) is 115. The largest absolute Gasteiger partial charge is 0.456 e. The van der Waals surface area contributed by atoms with Crippen LogP contribution in [-0.2, 0) is 0 Å². The smallest absolute Gasteiger partial charge is 0.165 e. The monoisotopic (exact) mass is 1400 g/mol. The van der Waals surface area contributed by atoms with Gasteiger partial charge in [0.2, 0.25) is 0 Å². The molecule has 23 aromatic rings. The van der Waals surface area contributed by atoms with Crippen LogP contribution in [0, 0.1) is 0 Å². The van der Waals surface area contributed by atoms with Crippen LogP contribution in [0.4, 0.5) is 0 Å². The number of fused-ring (bicyclic) bond motifs is 18. The molecular weight excluding hydrogens is 1350 g/mol. The normalized spacial score (nSPS) is 12.1. The Bertz CT molecular complexity index is 7660. The minimum absolute atomic E-state index is 0.508. The predicted octanol–water partition coefficient (Wildman–Crippen LogP) is 25.7. The van der Waals surface area contributed by atoms with Gasteiger partial charge in [-0.25, -0.2) is 29.9 Å². The van der Waals surface area contributed by atoms with E-state index in [1.54, 1.807) is 11.3 Å². The first-order chi connectivity index (χ1) is 53.5. The summed E-state index contributed by atoms with van der Waals surface area (Å²) in [5, 5.41) is 13.0. The Morgan fingerprint density at radius 3 is 1.35 bits per heavy atom. The van der Waals surface area contributed by atoms with Crippen molar-refractivity contribution in [3.63, 3.8) is 0 Å². The van der Waals surface area contributed by atoms with E-state index >= 15 is 0 Å². The van der Waals surface area contributed by atoms with Crippen molar-refractivity contribution in [2.24, 2.45) is 0 Å². The Hall–Kier alpha value is -14.5. The summed E-state index contributed by atoms with van der Waals surface area (Å²) in [7, 11) is 0. The van der Waals surface area contributed by atoms with Crippen molar-refractivity contribution in [3.8, 4) is 102 Å². The summed E-state index contributed by atoms with van der Waals surface area (Å²) in [6.45, 7) is 0. The first-order valence-corrected chi connectivity index (χ1v) is 36.9. The molecular formula is C96H54N8O3S. The van der Waals surface area contributed by atoms with Crippen molar-refractivity contribution in [2.75, 3.05) is 0 Å². The van der Waals surface area contributed by atoms with E-state index < -0.39 is 0 Å². The minimum atomic E-state index is 0.508. The Morgan fingerprint density at radius 2 is 0.648 bits per heavy atom. The van der Waals surface area contributed by atoms with Gasteiger partial charge in [0, 0.05) is 108 Å². The average molecular weight is 1400 g/mol. The highest BCUT2D eigenvalue weighted by Gasteiger charge is 2.25. The van der Waals surface area contributed by atoms with Crippen LogP contribution in [-0.4, -0.2) is 39.0 Å². The minimum Gasteiger partial charge on any atom is -0.456 e. The third-order valence-corrected chi connectivity index (χ3v) is 22.7. The summed E-state index contributed by atoms with van der Waals surface area (Å²) >= 11 is 1.74. The standard InChI is InChI=1S/C96H54N8O3S/c1-3-20-55(21-4-1)91-97-93(61-43-47-70-85(54-61)107-83-41-19-37-79(89(70)83)104-76-35-12-7-26-64(76)65-27-8-13-36-77(65)104)102-96(99-91)72-33-16-31-67-74-51-57(45-49-86(74)108-90(67)72)56-22-15-23-59(50-56)92-98-94(101-95(100-92)71-32-18-40-82-88(71)68-29-10-14-38-80(68)105-82)60-42-46-69-84(53-60)106-81-39-17-30-63(87(69)81)58-44-48-78-73(52-58)66-28-9-11-34-75(66)103(78)62-24-5-2-6-25-62/h1-54H. The molecule has 0 radical (unpaired) electrons. The molecule has 11 nitrogen and oxygen atoms in total. The molecule has 0 atom stereocenters. The molecule has 0 bridgehead atoms. The lowest BCUT2D eigenvalue weighted by atomic mass is 9.97. The first kappa shape index (κ1) is 60.0. The summed E-state index contributed by atoms with van der Waals surface area (Å²) in [6.07, 6.45) is 0. The molecule has 12 heteroatoms. The summed E-state index contributed by atoms with van der Waals surface area (Å²) in [5.41, 5.74) is 20.7. The summed E-state index contributed by atoms with van der Waals surface area (Å²) < 4.78 is 27.0. The first-order valence-electron chi connectivity index (χ1n) is 36.0. The lowest BCUT2D eigenvalue weighted by Crippen LogP contribution is -2.00. The molecule has 0 aliphatic heterocycles. The van der Waals surface area contributed by atoms with E-state index in [1.807, 2.05) is 60.7 Å². The van der Waals surface area contributed by atoms with Gasteiger partial charge in [-0.1, -0.05) is 206 Å². The number of thiophene rings is 1. The van der Waals surface area contributed by atoms with Gasteiger partial charge in [0.15, 0.2) is 34.9 Å². The van der Waals surface area contributed by atoms with Gasteiger partial charge in [-0.2, -0.15) is 0 Å². The lowest BCUT2D eigenvalue weighted by Gasteiger charge is -2.11. The highest BCUT2D eigenvalue weighted by molar-refractivity contribution is 7.26. The number of hydrogen-bond donors (Lipinski definition) is 0. The van der Waals surface area contributed by atoms with Gasteiger partial charge < -0.3 is 22.4 Å². The molecule has 8 aromatic heterocycles. The highest BCUT2D eigenvalue weighted by atomic mass is 32.1. The number of aromatic nitrogens is 8. The van der Waals surface area contributed by atoms with Crippen molar-refractivity contribution in [2.45, 2.75) is 0 Å². The van der Waals surface area contributed by atoms with Crippen molar-refractivity contribution < 1.29 is 13.3 Å². The second-order valence-corrected chi connectivity index (χ2v) is 28.6. The van der Waals surface area contributed by atoms with Crippen molar-refractivity contribution >= 4 is 141 Å².